The number of aryl methyl sites for hydroxylation is 1. The second-order valence-corrected chi connectivity index (χ2v) is 13.5. The molecule has 0 N–H and O–H groups in total. The van der Waals surface area contributed by atoms with E-state index in [1.807, 2.05) is 48.7 Å². The van der Waals surface area contributed by atoms with Crippen molar-refractivity contribution in [1.82, 2.24) is 19.7 Å². The van der Waals surface area contributed by atoms with Crippen molar-refractivity contribution in [3.05, 3.63) is 53.7 Å². The first kappa shape index (κ1) is 27.7. The SMILES string of the molecule is C#Cc1c(N2CCC3(CN(C(=O)OC(C)(C)C)C3)C2)nc2ccccc2c1-c1c(C)ccc2c1cnn2C1CCCCO1. The summed E-state index contributed by atoms with van der Waals surface area (Å²) in [4.78, 5) is 22.0. The molecule has 8 nitrogen and oxygen atoms in total. The molecule has 0 radical (unpaired) electrons. The van der Waals surface area contributed by atoms with Crippen LogP contribution in [0.5, 0.6) is 0 Å². The number of hydrogen-bond acceptors (Lipinski definition) is 6. The Labute approximate surface area is 253 Å². The van der Waals surface area contributed by atoms with Gasteiger partial charge in [0.05, 0.1) is 22.8 Å². The number of rotatable bonds is 3. The first-order valence-corrected chi connectivity index (χ1v) is 15.4. The average molecular weight is 578 g/mol. The molecule has 1 unspecified atom stereocenters. The summed E-state index contributed by atoms with van der Waals surface area (Å²) in [7, 11) is 0. The zero-order valence-electron chi connectivity index (χ0n) is 25.5. The van der Waals surface area contributed by atoms with E-state index in [9.17, 15) is 4.79 Å². The van der Waals surface area contributed by atoms with Gasteiger partial charge in [-0.25, -0.2) is 14.5 Å². The van der Waals surface area contributed by atoms with Crippen molar-refractivity contribution in [2.24, 2.45) is 5.41 Å². The topological polar surface area (TPSA) is 72.7 Å². The lowest BCUT2D eigenvalue weighted by Gasteiger charge is -2.47. The third-order valence-electron chi connectivity index (χ3n) is 9.13. The molecule has 1 atom stereocenters. The molecule has 8 heteroatoms. The standard InChI is InChI=1S/C35H39N5O3/c1-6-24-31(30-23(2)14-15-28-26(30)19-36-40(28)29-13-9-10-18-42-29)25-11-7-8-12-27(25)37-32(24)38-17-16-35(20-38)21-39(22-35)33(41)43-34(3,4)5/h1,7-8,11-12,14-15,19,29H,9-10,13,16-18,20-22H2,2-5H3. The van der Waals surface area contributed by atoms with E-state index in [2.05, 4.69) is 42.0 Å². The lowest BCUT2D eigenvalue weighted by Crippen LogP contribution is -2.60. The summed E-state index contributed by atoms with van der Waals surface area (Å²) in [5.41, 5.74) is 5.55. The van der Waals surface area contributed by atoms with Crippen LogP contribution in [0.25, 0.3) is 32.9 Å². The van der Waals surface area contributed by atoms with Crippen LogP contribution >= 0.6 is 0 Å². The van der Waals surface area contributed by atoms with Crippen molar-refractivity contribution in [2.45, 2.75) is 65.2 Å². The van der Waals surface area contributed by atoms with E-state index in [0.29, 0.717) is 13.1 Å². The van der Waals surface area contributed by atoms with Gasteiger partial charge in [-0.2, -0.15) is 5.10 Å². The van der Waals surface area contributed by atoms with Gasteiger partial charge in [0, 0.05) is 54.5 Å². The lowest BCUT2D eigenvalue weighted by molar-refractivity contribution is -0.0366. The summed E-state index contributed by atoms with van der Waals surface area (Å²) in [5, 5.41) is 6.93. The van der Waals surface area contributed by atoms with Crippen molar-refractivity contribution >= 4 is 33.7 Å². The molecule has 3 aliphatic heterocycles. The van der Waals surface area contributed by atoms with E-state index in [1.165, 1.54) is 0 Å². The number of ether oxygens (including phenoxy) is 2. The first-order valence-electron chi connectivity index (χ1n) is 15.4. The van der Waals surface area contributed by atoms with Gasteiger partial charge in [0.2, 0.25) is 0 Å². The van der Waals surface area contributed by atoms with Crippen LogP contribution in [0.1, 0.15) is 63.8 Å². The van der Waals surface area contributed by atoms with Gasteiger partial charge in [0.1, 0.15) is 11.4 Å². The quantitative estimate of drug-likeness (QED) is 0.253. The Hall–Kier alpha value is -4.09. The highest BCUT2D eigenvalue weighted by molar-refractivity contribution is 6.08. The molecule has 2 aromatic carbocycles. The number of nitrogens with zero attached hydrogens (tertiary/aromatic N) is 5. The molecule has 0 aliphatic carbocycles. The molecular weight excluding hydrogens is 538 g/mol. The van der Waals surface area contributed by atoms with Crippen LogP contribution in [0.4, 0.5) is 10.6 Å². The summed E-state index contributed by atoms with van der Waals surface area (Å²) in [6.07, 6.45) is 12.2. The van der Waals surface area contributed by atoms with E-state index in [-0.39, 0.29) is 17.7 Å². The summed E-state index contributed by atoms with van der Waals surface area (Å²) >= 11 is 0. The highest BCUT2D eigenvalue weighted by atomic mass is 16.6. The minimum Gasteiger partial charge on any atom is -0.444 e. The third kappa shape index (κ3) is 4.80. The van der Waals surface area contributed by atoms with Crippen LogP contribution in [0.3, 0.4) is 0 Å². The smallest absolute Gasteiger partial charge is 0.410 e. The summed E-state index contributed by atoms with van der Waals surface area (Å²) < 4.78 is 13.8. The van der Waals surface area contributed by atoms with Crippen molar-refractivity contribution in [3.8, 4) is 23.5 Å². The number of likely N-dealkylation sites (tertiary alicyclic amines) is 1. The molecule has 0 saturated carbocycles. The Morgan fingerprint density at radius 1 is 1.09 bits per heavy atom. The predicted molar refractivity (Wildman–Crippen MR) is 169 cm³/mol. The molecule has 222 valence electrons. The number of carbonyl (C=O) groups is 1. The monoisotopic (exact) mass is 577 g/mol. The van der Waals surface area contributed by atoms with E-state index in [4.69, 9.17) is 26.0 Å². The molecule has 2 aromatic heterocycles. The number of amides is 1. The number of fused-ring (bicyclic) bond motifs is 2. The molecule has 4 aromatic rings. The molecule has 3 aliphatic rings. The normalized spacial score (nSPS) is 20.0. The summed E-state index contributed by atoms with van der Waals surface area (Å²) in [5.74, 6) is 3.91. The highest BCUT2D eigenvalue weighted by Crippen LogP contribution is 2.46. The maximum absolute atomic E-state index is 12.7. The number of terminal acetylenes is 1. The Bertz CT molecular complexity index is 1770. The Morgan fingerprint density at radius 3 is 2.65 bits per heavy atom. The highest BCUT2D eigenvalue weighted by Gasteiger charge is 2.51. The van der Waals surface area contributed by atoms with Crippen LogP contribution in [-0.2, 0) is 9.47 Å². The van der Waals surface area contributed by atoms with Crippen molar-refractivity contribution in [1.29, 1.82) is 0 Å². The molecule has 3 fully saturated rings. The molecule has 3 saturated heterocycles. The van der Waals surface area contributed by atoms with Gasteiger partial charge < -0.3 is 19.3 Å². The summed E-state index contributed by atoms with van der Waals surface area (Å²) in [6, 6.07) is 12.6. The molecule has 7 rings (SSSR count). The first-order chi connectivity index (χ1) is 20.7. The van der Waals surface area contributed by atoms with Gasteiger partial charge in [-0.05, 0) is 76.6 Å². The molecule has 0 bridgehead atoms. The van der Waals surface area contributed by atoms with Crippen LogP contribution < -0.4 is 4.90 Å². The van der Waals surface area contributed by atoms with Crippen molar-refractivity contribution in [3.63, 3.8) is 0 Å². The van der Waals surface area contributed by atoms with E-state index in [1.54, 1.807) is 0 Å². The van der Waals surface area contributed by atoms with Gasteiger partial charge in [0.25, 0.3) is 0 Å². The number of para-hydroxylation sites is 1. The number of pyridine rings is 1. The second-order valence-electron chi connectivity index (χ2n) is 13.5. The van der Waals surface area contributed by atoms with Gasteiger partial charge in [-0.15, -0.1) is 6.42 Å². The molecule has 1 amide bonds. The molecular formula is C35H39N5O3. The lowest BCUT2D eigenvalue weighted by atomic mass is 9.79. The second kappa shape index (κ2) is 10.3. The van der Waals surface area contributed by atoms with Crippen LogP contribution in [0.15, 0.2) is 42.6 Å². The molecule has 43 heavy (non-hydrogen) atoms. The maximum Gasteiger partial charge on any atom is 0.410 e. The van der Waals surface area contributed by atoms with Gasteiger partial charge in [-0.1, -0.05) is 30.2 Å². The third-order valence-corrected chi connectivity index (χ3v) is 9.13. The number of carbonyl (C=O) groups excluding carboxylic acids is 1. The number of hydrogen-bond donors (Lipinski definition) is 0. The largest absolute Gasteiger partial charge is 0.444 e. The van der Waals surface area contributed by atoms with Gasteiger partial charge >= 0.3 is 6.09 Å². The zero-order chi connectivity index (χ0) is 29.9. The fourth-order valence-electron chi connectivity index (χ4n) is 7.13. The van der Waals surface area contributed by atoms with Crippen molar-refractivity contribution < 1.29 is 14.3 Å². The van der Waals surface area contributed by atoms with Crippen molar-refractivity contribution in [2.75, 3.05) is 37.7 Å². The summed E-state index contributed by atoms with van der Waals surface area (Å²) in [6.45, 7) is 11.6. The Morgan fingerprint density at radius 2 is 1.91 bits per heavy atom. The fourth-order valence-corrected chi connectivity index (χ4v) is 7.13. The molecule has 5 heterocycles. The predicted octanol–water partition coefficient (Wildman–Crippen LogP) is 6.69. The van der Waals surface area contributed by atoms with Gasteiger partial charge in [0.15, 0.2) is 6.23 Å². The number of aromatic nitrogens is 3. The Balaban J connectivity index is 1.29. The van der Waals surface area contributed by atoms with E-state index in [0.717, 1.165) is 95.3 Å². The van der Waals surface area contributed by atoms with Crippen LogP contribution in [0.2, 0.25) is 0 Å². The minimum atomic E-state index is -0.504. The van der Waals surface area contributed by atoms with Crippen LogP contribution in [-0.4, -0.2) is 64.1 Å². The van der Waals surface area contributed by atoms with Gasteiger partial charge in [-0.3, -0.25) is 0 Å². The van der Waals surface area contributed by atoms with E-state index < -0.39 is 5.60 Å². The van der Waals surface area contributed by atoms with Crippen LogP contribution in [0, 0.1) is 24.7 Å². The zero-order valence-corrected chi connectivity index (χ0v) is 25.5. The Kier molecular flexibility index (Phi) is 6.62. The fraction of sp³-hybridized carbons (Fsp3) is 0.457. The number of anilines is 1. The average Bonchev–Trinajstić information content (AvgIpc) is 3.61. The maximum atomic E-state index is 12.7. The van der Waals surface area contributed by atoms with E-state index >= 15 is 0 Å². The molecule has 1 spiro atoms. The minimum absolute atomic E-state index is 0.0212. The number of benzene rings is 2.